The fraction of sp³-hybridized carbons (Fsp3) is 0.321. The van der Waals surface area contributed by atoms with Crippen LogP contribution >= 0.6 is 6.64 Å². The minimum atomic E-state index is -5.69. The molecule has 3 aromatic rings. The predicted molar refractivity (Wildman–Crippen MR) is 168 cm³/mol. The van der Waals surface area contributed by atoms with Crippen molar-refractivity contribution in [1.29, 1.82) is 0 Å². The van der Waals surface area contributed by atoms with Crippen molar-refractivity contribution in [2.45, 2.75) is 58.9 Å². The molecule has 258 valence electrons. The molecular formula is C28H30BF12O2PSi3. The van der Waals surface area contributed by atoms with Crippen molar-refractivity contribution in [3.05, 3.63) is 88.0 Å². The summed E-state index contributed by atoms with van der Waals surface area (Å²) in [6, 6.07) is -1.15. The molecule has 0 saturated heterocycles. The van der Waals surface area contributed by atoms with Crippen LogP contribution in [0.5, 0.6) is 0 Å². The largest absolute Gasteiger partial charge is 0.497 e. The molecule has 0 fully saturated rings. The van der Waals surface area contributed by atoms with Crippen LogP contribution in [0.25, 0.3) is 0 Å². The zero-order valence-electron chi connectivity index (χ0n) is 26.6. The smallest absolute Gasteiger partial charge is 0.281 e. The Kier molecular flexibility index (Phi) is 10.9. The van der Waals surface area contributed by atoms with Crippen molar-refractivity contribution < 1.29 is 61.8 Å². The van der Waals surface area contributed by atoms with E-state index in [1.165, 1.54) is 19.6 Å². The van der Waals surface area contributed by atoms with Gasteiger partial charge in [-0.3, -0.25) is 0 Å². The van der Waals surface area contributed by atoms with Gasteiger partial charge in [0.2, 0.25) is 6.35 Å². The molecule has 0 aliphatic carbocycles. The first-order valence-corrected chi connectivity index (χ1v) is 27.3. The second-order valence-electron chi connectivity index (χ2n) is 13.7. The fourth-order valence-electron chi connectivity index (χ4n) is 5.54. The summed E-state index contributed by atoms with van der Waals surface area (Å²) in [6.07, 6.45) is -5.69. The van der Waals surface area contributed by atoms with E-state index < -0.39 is 129 Å². The van der Waals surface area contributed by atoms with Gasteiger partial charge in [0.1, 0.15) is 34.9 Å². The average Bonchev–Trinajstić information content (AvgIpc) is 2.87. The van der Waals surface area contributed by atoms with Crippen LogP contribution < -0.4 is 16.4 Å². The second-order valence-corrected chi connectivity index (χ2v) is 39.9. The Bertz CT molecular complexity index is 1540. The van der Waals surface area contributed by atoms with Crippen molar-refractivity contribution in [3.8, 4) is 0 Å². The summed E-state index contributed by atoms with van der Waals surface area (Å²) >= 11 is 0. The number of hydrogen-bond donors (Lipinski definition) is 0. The van der Waals surface area contributed by atoms with Gasteiger partial charge in [-0.1, -0.05) is 16.4 Å². The molecule has 0 bridgehead atoms. The maximum Gasteiger partial charge on any atom is 0.281 e. The van der Waals surface area contributed by atoms with E-state index in [0.29, 0.717) is 0 Å². The van der Waals surface area contributed by atoms with Crippen molar-refractivity contribution >= 4 is 58.8 Å². The van der Waals surface area contributed by atoms with Crippen molar-refractivity contribution in [2.75, 3.05) is 0 Å². The standard InChI is InChI=1S/C28H30BF12O2PSi3/c1-45(2,3)43-28(44(46(4,5)6)47(7,8)9)42-29(19-22(36)13(30)10-14(31)23(19)37,20-24(38)15(32)11-16(33)25(20)39)21-26(40)17(34)12-18(35)27(21)41/h10-12H,1-9H3. The molecule has 3 aromatic carbocycles. The first kappa shape index (κ1) is 39.1. The van der Waals surface area contributed by atoms with E-state index in [1.807, 2.05) is 0 Å². The van der Waals surface area contributed by atoms with Crippen molar-refractivity contribution in [3.63, 3.8) is 0 Å². The highest BCUT2D eigenvalue weighted by Crippen LogP contribution is 2.48. The van der Waals surface area contributed by atoms with Gasteiger partial charge in [-0.15, -0.1) is 0 Å². The number of halogens is 12. The van der Waals surface area contributed by atoms with E-state index >= 15 is 26.3 Å². The minimum absolute atomic E-state index is 0.382. The summed E-state index contributed by atoms with van der Waals surface area (Å²) in [5.74, 6) is -29.6. The highest BCUT2D eigenvalue weighted by molar-refractivity contribution is 8.17. The molecule has 0 heterocycles. The normalized spacial score (nSPS) is 13.0. The maximum atomic E-state index is 16.0. The van der Waals surface area contributed by atoms with Gasteiger partial charge in [-0.05, 0) is 58.9 Å². The summed E-state index contributed by atoms with van der Waals surface area (Å²) in [5, 5.41) is 0. The molecule has 0 aromatic heterocycles. The van der Waals surface area contributed by atoms with E-state index in [9.17, 15) is 26.3 Å². The first-order chi connectivity index (χ1) is 21.2. The van der Waals surface area contributed by atoms with Gasteiger partial charge in [0.05, 0.1) is 0 Å². The Balaban J connectivity index is 2.98. The molecule has 0 atom stereocenters. The highest BCUT2D eigenvalue weighted by atomic mass is 31.6. The summed E-state index contributed by atoms with van der Waals surface area (Å²) < 4.78 is 197. The number of rotatable bonds is 9. The molecule has 3 rings (SSSR count). The van der Waals surface area contributed by atoms with Gasteiger partial charge in [0.25, 0.3) is 21.1 Å². The number of hydrogen-bond acceptors (Lipinski definition) is 2. The molecule has 19 heteroatoms. The van der Waals surface area contributed by atoms with Gasteiger partial charge in [0, 0.05) is 24.8 Å². The van der Waals surface area contributed by atoms with Crippen LogP contribution in [0, 0.1) is 69.8 Å². The molecule has 0 amide bonds. The Hall–Kier alpha value is -2.37. The van der Waals surface area contributed by atoms with E-state index in [0.717, 1.165) is 0 Å². The summed E-state index contributed by atoms with van der Waals surface area (Å²) in [7, 11) is -8.63. The molecule has 0 aliphatic heterocycles. The fourth-order valence-corrected chi connectivity index (χ4v) is 39.2. The highest BCUT2D eigenvalue weighted by Gasteiger charge is 2.53. The lowest BCUT2D eigenvalue weighted by Gasteiger charge is -2.44. The van der Waals surface area contributed by atoms with Crippen molar-refractivity contribution in [1.82, 2.24) is 0 Å². The molecule has 0 saturated carbocycles. The van der Waals surface area contributed by atoms with Gasteiger partial charge in [0.15, 0.2) is 43.2 Å². The third-order valence-electron chi connectivity index (χ3n) is 6.85. The minimum Gasteiger partial charge on any atom is -0.497 e. The van der Waals surface area contributed by atoms with E-state index in [1.54, 1.807) is 39.3 Å². The lowest BCUT2D eigenvalue weighted by Crippen LogP contribution is -2.75. The molecule has 47 heavy (non-hydrogen) atoms. The molecule has 2 nitrogen and oxygen atoms in total. The Morgan fingerprint density at radius 2 is 0.702 bits per heavy atom. The lowest BCUT2D eigenvalue weighted by atomic mass is 9.27. The predicted octanol–water partition coefficient (Wildman–Crippen LogP) is 8.43. The van der Waals surface area contributed by atoms with Gasteiger partial charge >= 0.3 is 0 Å². The third-order valence-corrected chi connectivity index (χ3v) is 32.3. The molecule has 0 spiro atoms. The van der Waals surface area contributed by atoms with Crippen LogP contribution in [0.2, 0.25) is 58.9 Å². The molecular weight excluding hydrogens is 722 g/mol. The molecule has 0 unspecified atom stereocenters. The second kappa shape index (κ2) is 13.2. The van der Waals surface area contributed by atoms with Crippen LogP contribution in [-0.4, -0.2) is 35.8 Å². The maximum absolute atomic E-state index is 16.0. The zero-order valence-corrected chi connectivity index (χ0v) is 30.5. The summed E-state index contributed by atoms with van der Waals surface area (Å²) in [6.45, 7) is 13.2. The van der Waals surface area contributed by atoms with Crippen LogP contribution in [0.15, 0.2) is 18.2 Å². The Morgan fingerprint density at radius 1 is 0.468 bits per heavy atom. The summed E-state index contributed by atoms with van der Waals surface area (Å²) in [5.41, 5.74) is -7.81. The molecule has 0 radical (unpaired) electrons. The zero-order chi connectivity index (χ0) is 36.4. The van der Waals surface area contributed by atoms with Crippen LogP contribution in [0.4, 0.5) is 52.7 Å². The van der Waals surface area contributed by atoms with Crippen LogP contribution in [0.3, 0.4) is 0 Å². The average molecular weight is 753 g/mol. The summed E-state index contributed by atoms with van der Waals surface area (Å²) in [4.78, 5) is 0. The van der Waals surface area contributed by atoms with Crippen LogP contribution in [0.1, 0.15) is 0 Å². The molecule has 0 N–H and O–H groups in total. The quantitative estimate of drug-likeness (QED) is 0.0947. The van der Waals surface area contributed by atoms with E-state index in [2.05, 4.69) is 0 Å². The Labute approximate surface area is 267 Å². The monoisotopic (exact) mass is 752 g/mol. The topological polar surface area (TPSA) is 18.5 Å². The number of benzene rings is 3. The van der Waals surface area contributed by atoms with E-state index in [-0.39, 0.29) is 18.2 Å². The SMILES string of the molecule is C[Si](C)(C)OC(O[B-](c1c(F)c(F)cc(F)c1F)(c1c(F)c(F)cc(F)c1F)c1c(F)c(F)cc(F)c1F)=[P+]([Si](C)(C)C)[Si](C)(C)C. The lowest BCUT2D eigenvalue weighted by molar-refractivity contribution is 0.393. The van der Waals surface area contributed by atoms with Crippen LogP contribution in [-0.2, 0) is 9.08 Å². The van der Waals surface area contributed by atoms with Gasteiger partial charge in [-0.25, -0.2) is 52.7 Å². The van der Waals surface area contributed by atoms with Crippen molar-refractivity contribution in [2.24, 2.45) is 0 Å². The van der Waals surface area contributed by atoms with Gasteiger partial charge in [-0.2, -0.15) is 0 Å². The van der Waals surface area contributed by atoms with Gasteiger partial charge < -0.3 is 9.08 Å². The molecule has 0 aliphatic rings. The third kappa shape index (κ3) is 7.32. The Morgan fingerprint density at radius 3 is 0.894 bits per heavy atom. The van der Waals surface area contributed by atoms with E-state index in [4.69, 9.17) is 9.08 Å². The first-order valence-electron chi connectivity index (χ1n) is 13.9.